The summed E-state index contributed by atoms with van der Waals surface area (Å²) in [6.07, 6.45) is 0. The van der Waals surface area contributed by atoms with Gasteiger partial charge in [-0.3, -0.25) is 4.79 Å². The molecule has 0 saturated carbocycles. The second-order valence-electron chi connectivity index (χ2n) is 2.50. The molecule has 0 aliphatic carbocycles. The molecule has 0 aliphatic rings. The molecule has 0 radical (unpaired) electrons. The molecule has 2 nitrogen and oxygen atoms in total. The summed E-state index contributed by atoms with van der Waals surface area (Å²) in [5, 5.41) is 2.73. The van der Waals surface area contributed by atoms with E-state index in [2.05, 4.69) is 5.32 Å². The lowest BCUT2D eigenvalue weighted by Gasteiger charge is -2.03. The zero-order valence-corrected chi connectivity index (χ0v) is 6.72. The summed E-state index contributed by atoms with van der Waals surface area (Å²) in [6.45, 7) is 3.47. The molecule has 1 N–H and O–H groups in total. The van der Waals surface area contributed by atoms with Gasteiger partial charge in [0.1, 0.15) is 0 Å². The van der Waals surface area contributed by atoms with E-state index in [1.54, 1.807) is 0 Å². The average Bonchev–Trinajstić information content (AvgIpc) is 1.93. The van der Waals surface area contributed by atoms with Gasteiger partial charge in [-0.2, -0.15) is 0 Å². The van der Waals surface area contributed by atoms with Crippen molar-refractivity contribution in [1.82, 2.24) is 0 Å². The first kappa shape index (κ1) is 10.7. The monoisotopic (exact) mass is 165 g/mol. The van der Waals surface area contributed by atoms with E-state index >= 15 is 0 Å². The Hall–Kier alpha value is -1.31. The molecule has 66 valence electrons. The van der Waals surface area contributed by atoms with Crippen molar-refractivity contribution >= 4 is 11.6 Å². The maximum absolute atomic E-state index is 10.7. The number of para-hydroxylation sites is 1. The van der Waals surface area contributed by atoms with E-state index in [1.165, 1.54) is 6.92 Å². The summed E-state index contributed by atoms with van der Waals surface area (Å²) in [5.74, 6) is -0.0284. The van der Waals surface area contributed by atoms with Crippen molar-refractivity contribution in [2.24, 2.45) is 0 Å². The third-order valence-corrected chi connectivity index (χ3v) is 1.46. The van der Waals surface area contributed by atoms with E-state index in [0.29, 0.717) is 0 Å². The predicted octanol–water partition coefficient (Wildman–Crippen LogP) is 2.59. The van der Waals surface area contributed by atoms with E-state index in [-0.39, 0.29) is 13.3 Å². The Morgan fingerprint density at radius 1 is 1.33 bits per heavy atom. The molecule has 0 aliphatic heterocycles. The fourth-order valence-corrected chi connectivity index (χ4v) is 0.903. The second kappa shape index (κ2) is 4.54. The standard InChI is InChI=1S/C9H11NO.CH4/c1-7-5-3-4-6-9(7)10-8(2)11;/h3-6H,1-2H3,(H,10,11);1H4. The summed E-state index contributed by atoms with van der Waals surface area (Å²) in [7, 11) is 0. The Morgan fingerprint density at radius 3 is 2.42 bits per heavy atom. The molecular weight excluding hydrogens is 150 g/mol. The number of amides is 1. The van der Waals surface area contributed by atoms with Crippen molar-refractivity contribution in [2.75, 3.05) is 5.32 Å². The molecule has 1 rings (SSSR count). The van der Waals surface area contributed by atoms with Gasteiger partial charge in [0.25, 0.3) is 0 Å². The van der Waals surface area contributed by atoms with Gasteiger partial charge in [-0.05, 0) is 18.6 Å². The van der Waals surface area contributed by atoms with Crippen LogP contribution >= 0.6 is 0 Å². The number of hydrogen-bond donors (Lipinski definition) is 1. The third-order valence-electron chi connectivity index (χ3n) is 1.46. The van der Waals surface area contributed by atoms with E-state index in [1.807, 2.05) is 31.2 Å². The number of carbonyl (C=O) groups is 1. The molecule has 1 aromatic carbocycles. The third kappa shape index (κ3) is 2.74. The van der Waals surface area contributed by atoms with Crippen molar-refractivity contribution in [3.63, 3.8) is 0 Å². The number of benzene rings is 1. The van der Waals surface area contributed by atoms with Crippen LogP contribution in [-0.2, 0) is 4.79 Å². The highest BCUT2D eigenvalue weighted by atomic mass is 16.1. The molecule has 0 aromatic heterocycles. The van der Waals surface area contributed by atoms with Crippen LogP contribution in [0.15, 0.2) is 24.3 Å². The highest BCUT2D eigenvalue weighted by molar-refractivity contribution is 5.89. The van der Waals surface area contributed by atoms with E-state index in [0.717, 1.165) is 11.3 Å². The first-order chi connectivity index (χ1) is 5.20. The van der Waals surface area contributed by atoms with Gasteiger partial charge in [-0.15, -0.1) is 0 Å². The minimum absolute atomic E-state index is 0. The van der Waals surface area contributed by atoms with Crippen LogP contribution in [0.1, 0.15) is 19.9 Å². The summed E-state index contributed by atoms with van der Waals surface area (Å²) < 4.78 is 0. The summed E-state index contributed by atoms with van der Waals surface area (Å²) in [5.41, 5.74) is 1.97. The Balaban J connectivity index is 0.00000121. The Labute approximate surface area is 73.6 Å². The number of carbonyl (C=O) groups excluding carboxylic acids is 1. The van der Waals surface area contributed by atoms with E-state index in [4.69, 9.17) is 0 Å². The SMILES string of the molecule is C.CC(=O)Nc1ccccc1C. The number of rotatable bonds is 1. The van der Waals surface area contributed by atoms with Crippen molar-refractivity contribution in [3.05, 3.63) is 29.8 Å². The molecular formula is C10H15NO. The molecule has 1 amide bonds. The van der Waals surface area contributed by atoms with Gasteiger partial charge in [0, 0.05) is 12.6 Å². The molecule has 1 aromatic rings. The number of nitrogens with one attached hydrogen (secondary N) is 1. The fourth-order valence-electron chi connectivity index (χ4n) is 0.903. The molecule has 12 heavy (non-hydrogen) atoms. The van der Waals surface area contributed by atoms with Crippen LogP contribution in [0.25, 0.3) is 0 Å². The van der Waals surface area contributed by atoms with Gasteiger partial charge in [0.15, 0.2) is 0 Å². The molecule has 0 saturated heterocycles. The lowest BCUT2D eigenvalue weighted by atomic mass is 10.2. The summed E-state index contributed by atoms with van der Waals surface area (Å²) in [4.78, 5) is 10.7. The Kier molecular flexibility index (Phi) is 4.05. The van der Waals surface area contributed by atoms with Crippen molar-refractivity contribution in [1.29, 1.82) is 0 Å². The number of aryl methyl sites for hydroxylation is 1. The van der Waals surface area contributed by atoms with Crippen molar-refractivity contribution in [3.8, 4) is 0 Å². The van der Waals surface area contributed by atoms with Crippen molar-refractivity contribution in [2.45, 2.75) is 21.3 Å². The highest BCUT2D eigenvalue weighted by Crippen LogP contribution is 2.12. The van der Waals surface area contributed by atoms with Crippen LogP contribution in [0.5, 0.6) is 0 Å². The molecule has 2 heteroatoms. The zero-order valence-electron chi connectivity index (χ0n) is 6.72. The predicted molar refractivity (Wildman–Crippen MR) is 52.2 cm³/mol. The van der Waals surface area contributed by atoms with Gasteiger partial charge in [-0.1, -0.05) is 25.6 Å². The Bertz CT molecular complexity index is 268. The van der Waals surface area contributed by atoms with E-state index in [9.17, 15) is 4.79 Å². The van der Waals surface area contributed by atoms with Crippen LogP contribution < -0.4 is 5.32 Å². The lowest BCUT2D eigenvalue weighted by molar-refractivity contribution is -0.114. The quantitative estimate of drug-likeness (QED) is 0.680. The van der Waals surface area contributed by atoms with Gasteiger partial charge in [0.2, 0.25) is 5.91 Å². The molecule has 0 bridgehead atoms. The Morgan fingerprint density at radius 2 is 1.92 bits per heavy atom. The van der Waals surface area contributed by atoms with Gasteiger partial charge < -0.3 is 5.32 Å². The number of hydrogen-bond acceptors (Lipinski definition) is 1. The normalized spacial score (nSPS) is 8.50. The van der Waals surface area contributed by atoms with Crippen LogP contribution in [0.4, 0.5) is 5.69 Å². The average molecular weight is 165 g/mol. The second-order valence-corrected chi connectivity index (χ2v) is 2.50. The van der Waals surface area contributed by atoms with Crippen LogP contribution in [0.2, 0.25) is 0 Å². The number of anilines is 1. The van der Waals surface area contributed by atoms with Crippen LogP contribution in [0.3, 0.4) is 0 Å². The van der Waals surface area contributed by atoms with E-state index < -0.39 is 0 Å². The first-order valence-corrected chi connectivity index (χ1v) is 3.53. The summed E-state index contributed by atoms with van der Waals surface area (Å²) >= 11 is 0. The van der Waals surface area contributed by atoms with Gasteiger partial charge >= 0.3 is 0 Å². The molecule has 0 unspecified atom stereocenters. The minimum atomic E-state index is -0.0284. The van der Waals surface area contributed by atoms with Crippen LogP contribution in [-0.4, -0.2) is 5.91 Å². The first-order valence-electron chi connectivity index (χ1n) is 3.53. The molecule has 0 spiro atoms. The maximum Gasteiger partial charge on any atom is 0.221 e. The molecule has 0 heterocycles. The lowest BCUT2D eigenvalue weighted by Crippen LogP contribution is -2.06. The molecule has 0 fully saturated rings. The fraction of sp³-hybridized carbons (Fsp3) is 0.300. The maximum atomic E-state index is 10.7. The van der Waals surface area contributed by atoms with Gasteiger partial charge in [0.05, 0.1) is 0 Å². The van der Waals surface area contributed by atoms with Gasteiger partial charge in [-0.25, -0.2) is 0 Å². The van der Waals surface area contributed by atoms with Crippen molar-refractivity contribution < 1.29 is 4.79 Å². The zero-order chi connectivity index (χ0) is 8.27. The minimum Gasteiger partial charge on any atom is -0.326 e. The highest BCUT2D eigenvalue weighted by Gasteiger charge is 1.96. The smallest absolute Gasteiger partial charge is 0.221 e. The van der Waals surface area contributed by atoms with Crippen LogP contribution in [0, 0.1) is 6.92 Å². The molecule has 0 atom stereocenters. The summed E-state index contributed by atoms with van der Waals surface area (Å²) in [6, 6.07) is 7.70. The topological polar surface area (TPSA) is 29.1 Å². The largest absolute Gasteiger partial charge is 0.326 e.